The van der Waals surface area contributed by atoms with Crippen molar-refractivity contribution in [3.8, 4) is 0 Å². The predicted octanol–water partition coefficient (Wildman–Crippen LogP) is 1.43. The van der Waals surface area contributed by atoms with Crippen molar-refractivity contribution in [2.24, 2.45) is 5.92 Å². The molecule has 0 spiro atoms. The van der Waals surface area contributed by atoms with E-state index in [0.717, 1.165) is 12.3 Å². The minimum atomic E-state index is -3.87. The molecule has 0 saturated carbocycles. The molecule has 0 amide bonds. The van der Waals surface area contributed by atoms with E-state index in [1.54, 1.807) is 13.8 Å². The first-order valence-electron chi connectivity index (χ1n) is 4.48. The lowest BCUT2D eigenvalue weighted by Gasteiger charge is -2.07. The van der Waals surface area contributed by atoms with Crippen molar-refractivity contribution in [3.05, 3.63) is 18.0 Å². The van der Waals surface area contributed by atoms with E-state index in [2.05, 4.69) is 4.98 Å². The number of nitrogen functional groups attached to an aromatic ring is 1. The Bertz CT molecular complexity index is 526. The van der Waals surface area contributed by atoms with Crippen LogP contribution in [0.2, 0.25) is 0 Å². The summed E-state index contributed by atoms with van der Waals surface area (Å²) in [7, 11) is 1.25. The number of rotatable bonds is 3. The van der Waals surface area contributed by atoms with Gasteiger partial charge < -0.3 is 5.73 Å². The van der Waals surface area contributed by atoms with Crippen molar-refractivity contribution in [2.45, 2.75) is 18.7 Å². The number of Topliss-reactive ketones (excluding diaryl/α,β-unsaturated/α-hetero) is 1. The number of hydrogen-bond acceptors (Lipinski definition) is 5. The summed E-state index contributed by atoms with van der Waals surface area (Å²) in [5.41, 5.74) is 5.63. The van der Waals surface area contributed by atoms with E-state index < -0.39 is 9.05 Å². The summed E-state index contributed by atoms with van der Waals surface area (Å²) in [4.78, 5) is 15.1. The molecule has 5 nitrogen and oxygen atoms in total. The molecule has 0 aliphatic heterocycles. The van der Waals surface area contributed by atoms with Crippen molar-refractivity contribution in [1.29, 1.82) is 0 Å². The number of nitrogens with zero attached hydrogens (tertiary/aromatic N) is 1. The van der Waals surface area contributed by atoms with Crippen molar-refractivity contribution in [3.63, 3.8) is 0 Å². The van der Waals surface area contributed by atoms with Crippen molar-refractivity contribution in [1.82, 2.24) is 4.98 Å². The number of anilines is 1. The number of ketones is 1. The molecule has 0 aliphatic carbocycles. The van der Waals surface area contributed by atoms with Gasteiger partial charge in [-0.1, -0.05) is 13.8 Å². The Balaban J connectivity index is 3.26. The fraction of sp³-hybridized carbons (Fsp3) is 0.333. The highest BCUT2D eigenvalue weighted by molar-refractivity contribution is 8.13. The zero-order valence-corrected chi connectivity index (χ0v) is 10.3. The molecule has 0 saturated heterocycles. The molecule has 1 aromatic heterocycles. The maximum atomic E-state index is 11.6. The number of carbonyl (C=O) groups is 1. The van der Waals surface area contributed by atoms with Crippen LogP contribution in [0.15, 0.2) is 17.2 Å². The van der Waals surface area contributed by atoms with E-state index in [9.17, 15) is 13.2 Å². The van der Waals surface area contributed by atoms with E-state index in [-0.39, 0.29) is 28.0 Å². The second-order valence-electron chi connectivity index (χ2n) is 3.57. The third kappa shape index (κ3) is 2.70. The predicted molar refractivity (Wildman–Crippen MR) is 60.9 cm³/mol. The number of carbonyl (C=O) groups excluding carboxylic acids is 1. The van der Waals surface area contributed by atoms with Crippen molar-refractivity contribution >= 4 is 31.2 Å². The smallest absolute Gasteiger partial charge is 0.262 e. The van der Waals surface area contributed by atoms with Crippen LogP contribution in [0.25, 0.3) is 0 Å². The highest BCUT2D eigenvalue weighted by Gasteiger charge is 2.18. The highest BCUT2D eigenvalue weighted by Crippen LogP contribution is 2.20. The van der Waals surface area contributed by atoms with Crippen LogP contribution in [-0.2, 0) is 9.05 Å². The second kappa shape index (κ2) is 4.39. The molecule has 0 atom stereocenters. The number of pyridine rings is 1. The van der Waals surface area contributed by atoms with Gasteiger partial charge in [0.05, 0.1) is 5.69 Å². The van der Waals surface area contributed by atoms with Crippen LogP contribution in [0.1, 0.15) is 24.3 Å². The first-order chi connectivity index (χ1) is 7.23. The van der Waals surface area contributed by atoms with Gasteiger partial charge in [-0.2, -0.15) is 0 Å². The molecule has 2 N–H and O–H groups in total. The lowest BCUT2D eigenvalue weighted by atomic mass is 10.0. The summed E-state index contributed by atoms with van der Waals surface area (Å²) in [6.07, 6.45) is 1.02. The zero-order valence-electron chi connectivity index (χ0n) is 8.77. The van der Waals surface area contributed by atoms with E-state index in [0.29, 0.717) is 0 Å². The monoisotopic (exact) mass is 262 g/mol. The standard InChI is InChI=1S/C9H11ClN2O3S/c1-5(2)9(13)8-7(11)3-6(4-12-8)16(10,14)15/h3-5H,11H2,1-2H3. The fourth-order valence-electron chi connectivity index (χ4n) is 1.07. The molecule has 0 bridgehead atoms. The number of aromatic nitrogens is 1. The molecule has 0 fully saturated rings. The fourth-order valence-corrected chi connectivity index (χ4v) is 1.77. The molecule has 16 heavy (non-hydrogen) atoms. The lowest BCUT2D eigenvalue weighted by molar-refractivity contribution is 0.0935. The van der Waals surface area contributed by atoms with E-state index in [1.165, 1.54) is 0 Å². The summed E-state index contributed by atoms with van der Waals surface area (Å²) in [5.74, 6) is -0.496. The Kier molecular flexibility index (Phi) is 3.54. The van der Waals surface area contributed by atoms with Crippen LogP contribution >= 0.6 is 10.7 Å². The molecule has 1 heterocycles. The Morgan fingerprint density at radius 2 is 2.06 bits per heavy atom. The van der Waals surface area contributed by atoms with E-state index in [4.69, 9.17) is 16.4 Å². The quantitative estimate of drug-likeness (QED) is 0.657. The van der Waals surface area contributed by atoms with Gasteiger partial charge in [-0.15, -0.1) is 0 Å². The normalized spacial score (nSPS) is 11.8. The Hall–Kier alpha value is -1.14. The van der Waals surface area contributed by atoms with Crippen LogP contribution in [-0.4, -0.2) is 19.2 Å². The van der Waals surface area contributed by atoms with Crippen LogP contribution < -0.4 is 5.73 Å². The molecule has 7 heteroatoms. The van der Waals surface area contributed by atoms with Gasteiger partial charge in [0.2, 0.25) is 0 Å². The minimum Gasteiger partial charge on any atom is -0.397 e. The summed E-state index contributed by atoms with van der Waals surface area (Å²) < 4.78 is 22.0. The molecule has 1 rings (SSSR count). The van der Waals surface area contributed by atoms with Crippen molar-refractivity contribution in [2.75, 3.05) is 5.73 Å². The van der Waals surface area contributed by atoms with Crippen molar-refractivity contribution < 1.29 is 13.2 Å². The topological polar surface area (TPSA) is 90.1 Å². The Labute approximate surface area is 98.0 Å². The van der Waals surface area contributed by atoms with Gasteiger partial charge in [-0.05, 0) is 6.07 Å². The van der Waals surface area contributed by atoms with Gasteiger partial charge in [0.25, 0.3) is 9.05 Å². The van der Waals surface area contributed by atoms with Crippen LogP contribution in [0.4, 0.5) is 5.69 Å². The lowest BCUT2D eigenvalue weighted by Crippen LogP contribution is -2.13. The number of nitrogens with two attached hydrogens (primary N) is 1. The minimum absolute atomic E-state index is 0.0143. The third-order valence-corrected chi connectivity index (χ3v) is 3.25. The molecule has 1 aromatic rings. The van der Waals surface area contributed by atoms with Gasteiger partial charge in [0.15, 0.2) is 5.78 Å². The average molecular weight is 263 g/mol. The summed E-state index contributed by atoms with van der Waals surface area (Å²) in [5, 5.41) is 0. The first kappa shape index (κ1) is 12.9. The maximum Gasteiger partial charge on any atom is 0.262 e. The molecule has 0 aromatic carbocycles. The summed E-state index contributed by atoms with van der Waals surface area (Å²) >= 11 is 0. The molecule has 0 unspecified atom stereocenters. The van der Waals surface area contributed by atoms with Gasteiger partial charge in [0.1, 0.15) is 10.6 Å². The first-order valence-corrected chi connectivity index (χ1v) is 6.79. The third-order valence-electron chi connectivity index (χ3n) is 1.93. The Morgan fingerprint density at radius 3 is 2.44 bits per heavy atom. The second-order valence-corrected chi connectivity index (χ2v) is 6.13. The van der Waals surface area contributed by atoms with Gasteiger partial charge in [-0.3, -0.25) is 4.79 Å². The zero-order chi connectivity index (χ0) is 12.5. The van der Waals surface area contributed by atoms with Crippen LogP contribution in [0.3, 0.4) is 0 Å². The van der Waals surface area contributed by atoms with Crippen LogP contribution in [0, 0.1) is 5.92 Å². The Morgan fingerprint density at radius 1 is 1.50 bits per heavy atom. The summed E-state index contributed by atoms with van der Waals surface area (Å²) in [6, 6.07) is 1.13. The molecule has 0 aliphatic rings. The molecule has 0 radical (unpaired) electrons. The molecular weight excluding hydrogens is 252 g/mol. The SMILES string of the molecule is CC(C)C(=O)c1ncc(S(=O)(=O)Cl)cc1N. The number of hydrogen-bond donors (Lipinski definition) is 1. The van der Waals surface area contributed by atoms with E-state index in [1.807, 2.05) is 0 Å². The van der Waals surface area contributed by atoms with Gasteiger partial charge in [0, 0.05) is 22.8 Å². The molecule has 88 valence electrons. The largest absolute Gasteiger partial charge is 0.397 e. The highest BCUT2D eigenvalue weighted by atomic mass is 35.7. The van der Waals surface area contributed by atoms with E-state index >= 15 is 0 Å². The number of halogens is 1. The van der Waals surface area contributed by atoms with Gasteiger partial charge >= 0.3 is 0 Å². The average Bonchev–Trinajstić information content (AvgIpc) is 2.15. The molecular formula is C9H11ClN2O3S. The maximum absolute atomic E-state index is 11.6. The summed E-state index contributed by atoms with van der Waals surface area (Å²) in [6.45, 7) is 3.41. The van der Waals surface area contributed by atoms with Crippen LogP contribution in [0.5, 0.6) is 0 Å². The van der Waals surface area contributed by atoms with Gasteiger partial charge in [-0.25, -0.2) is 13.4 Å².